The van der Waals surface area contributed by atoms with Gasteiger partial charge in [0, 0.05) is 31.2 Å². The minimum atomic E-state index is -1.38. The molecule has 10 nitrogen and oxygen atoms in total. The Labute approximate surface area is 248 Å². The normalized spacial score (nSPS) is 19.4. The summed E-state index contributed by atoms with van der Waals surface area (Å²) in [5.41, 5.74) is 8.59. The molecule has 2 aliphatic rings. The van der Waals surface area contributed by atoms with Crippen molar-refractivity contribution in [3.05, 3.63) is 82.7 Å². The lowest BCUT2D eigenvalue weighted by molar-refractivity contribution is -0.0712. The number of benzene rings is 2. The summed E-state index contributed by atoms with van der Waals surface area (Å²) < 4.78 is 35.2. The lowest BCUT2D eigenvalue weighted by atomic mass is 9.88. The lowest BCUT2D eigenvalue weighted by Crippen LogP contribution is -2.34. The zero-order chi connectivity index (χ0) is 30.3. The van der Waals surface area contributed by atoms with Crippen molar-refractivity contribution < 1.29 is 23.4 Å². The topological polar surface area (TPSA) is 129 Å². The van der Waals surface area contributed by atoms with E-state index in [2.05, 4.69) is 20.5 Å². The predicted molar refractivity (Wildman–Crippen MR) is 156 cm³/mol. The summed E-state index contributed by atoms with van der Waals surface area (Å²) in [6.07, 6.45) is 3.49. The molecule has 1 amide bonds. The number of nitrogens with zero attached hydrogens (tertiary/aromatic N) is 5. The first-order valence-corrected chi connectivity index (χ1v) is 14.3. The fraction of sp³-hybridized carbons (Fsp3) is 0.375. The van der Waals surface area contributed by atoms with Crippen molar-refractivity contribution in [1.29, 1.82) is 5.26 Å². The van der Waals surface area contributed by atoms with E-state index in [9.17, 15) is 10.1 Å². The molecule has 2 aromatic carbocycles. The molecule has 4 heterocycles. The van der Waals surface area contributed by atoms with Gasteiger partial charge in [-0.2, -0.15) is 5.26 Å². The van der Waals surface area contributed by atoms with E-state index in [4.69, 9.17) is 24.9 Å². The zero-order valence-electron chi connectivity index (χ0n) is 24.3. The molecular formula is C32H33FN6O4. The molecule has 222 valence electrons. The molecule has 0 aliphatic carbocycles. The van der Waals surface area contributed by atoms with Gasteiger partial charge < -0.3 is 24.5 Å². The summed E-state index contributed by atoms with van der Waals surface area (Å²) in [5, 5.41) is 9.30. The highest BCUT2D eigenvalue weighted by Crippen LogP contribution is 2.49. The summed E-state index contributed by atoms with van der Waals surface area (Å²) in [6, 6.07) is 13.7. The van der Waals surface area contributed by atoms with Gasteiger partial charge in [0.25, 0.3) is 5.79 Å². The number of hydrogen-bond acceptors (Lipinski definition) is 8. The number of para-hydroxylation sites is 1. The van der Waals surface area contributed by atoms with Crippen LogP contribution in [0.5, 0.6) is 11.5 Å². The number of piperidine rings is 1. The Hall–Kier alpha value is -4.53. The second kappa shape index (κ2) is 11.3. The van der Waals surface area contributed by atoms with Gasteiger partial charge in [-0.1, -0.05) is 12.1 Å². The van der Waals surface area contributed by atoms with E-state index in [1.807, 2.05) is 25.1 Å². The summed E-state index contributed by atoms with van der Waals surface area (Å²) in [7, 11) is 1.69. The smallest absolute Gasteiger partial charge is 0.278 e. The van der Waals surface area contributed by atoms with Gasteiger partial charge in [-0.05, 0) is 63.0 Å². The Balaban J connectivity index is 1.18. The van der Waals surface area contributed by atoms with Gasteiger partial charge in [0.15, 0.2) is 11.5 Å². The molecule has 2 N–H and O–H groups in total. The zero-order valence-corrected chi connectivity index (χ0v) is 24.3. The van der Waals surface area contributed by atoms with Crippen LogP contribution in [0.15, 0.2) is 48.7 Å². The Morgan fingerprint density at radius 3 is 2.74 bits per heavy atom. The van der Waals surface area contributed by atoms with Crippen LogP contribution >= 0.6 is 0 Å². The molecule has 4 aromatic rings. The third-order valence-corrected chi connectivity index (χ3v) is 8.42. The number of nitrogens with two attached hydrogens (primary N) is 1. The number of likely N-dealkylation sites (tertiary alicyclic amines) is 1. The maximum absolute atomic E-state index is 15.0. The first-order valence-electron chi connectivity index (χ1n) is 14.3. The number of primary amides is 1. The minimum absolute atomic E-state index is 0.0137. The Kier molecular flexibility index (Phi) is 7.50. The molecule has 0 saturated carbocycles. The van der Waals surface area contributed by atoms with E-state index < -0.39 is 17.5 Å². The standard InChI is InChI=1S/C32H33FN6O4/c1-19(41-3)17-39-27-16-36-22(15-34)14-26(27)37-29(39)18-38-11-9-20(10-12-38)23-5-4-6-28-30(23)43-32(2,42-28)24-8-7-21(31(35)40)13-25(24)33/h4-8,13-14,16,19-20H,9-12,17-18H2,1-3H3,(H2,35,40)/t19?,32-/m0/s1. The Morgan fingerprint density at radius 2 is 2.05 bits per heavy atom. The van der Waals surface area contributed by atoms with Crippen molar-refractivity contribution in [2.45, 2.75) is 57.6 Å². The average molecular weight is 585 g/mol. The molecule has 2 aliphatic heterocycles. The van der Waals surface area contributed by atoms with Crippen LogP contribution in [0.1, 0.15) is 65.6 Å². The van der Waals surface area contributed by atoms with Crippen molar-refractivity contribution in [3.8, 4) is 17.6 Å². The molecule has 1 saturated heterocycles. The molecule has 0 spiro atoms. The Morgan fingerprint density at radius 1 is 1.26 bits per heavy atom. The lowest BCUT2D eigenvalue weighted by Gasteiger charge is -2.32. The van der Waals surface area contributed by atoms with Crippen molar-refractivity contribution in [2.24, 2.45) is 5.73 Å². The highest BCUT2D eigenvalue weighted by Gasteiger charge is 2.43. The SMILES string of the molecule is COC(C)Cn1c(CN2CCC(c3cccc4c3O[C@@](C)(c3ccc(C(N)=O)cc3F)O4)CC2)nc2cc(C#N)ncc21. The summed E-state index contributed by atoms with van der Waals surface area (Å²) in [6.45, 7) is 6.67. The van der Waals surface area contributed by atoms with Crippen molar-refractivity contribution in [1.82, 2.24) is 19.4 Å². The van der Waals surface area contributed by atoms with Gasteiger partial charge in [0.1, 0.15) is 23.4 Å². The number of fused-ring (bicyclic) bond motifs is 2. The van der Waals surface area contributed by atoms with E-state index in [0.29, 0.717) is 30.3 Å². The van der Waals surface area contributed by atoms with Gasteiger partial charge in [-0.15, -0.1) is 0 Å². The van der Waals surface area contributed by atoms with Gasteiger partial charge in [-0.25, -0.2) is 14.4 Å². The molecule has 0 bridgehead atoms. The Bertz CT molecular complexity index is 1740. The van der Waals surface area contributed by atoms with Gasteiger partial charge in [0.05, 0.1) is 42.0 Å². The average Bonchev–Trinajstić information content (AvgIpc) is 3.53. The molecule has 1 fully saturated rings. The number of rotatable bonds is 8. The van der Waals surface area contributed by atoms with Crippen molar-refractivity contribution >= 4 is 16.9 Å². The quantitative estimate of drug-likeness (QED) is 0.318. The summed E-state index contributed by atoms with van der Waals surface area (Å²) >= 11 is 0. The number of carbonyl (C=O) groups excluding carboxylic acids is 1. The fourth-order valence-corrected chi connectivity index (χ4v) is 6.01. The number of hydrogen-bond donors (Lipinski definition) is 1. The van der Waals surface area contributed by atoms with Crippen molar-refractivity contribution in [3.63, 3.8) is 0 Å². The number of nitriles is 1. The monoisotopic (exact) mass is 584 g/mol. The molecule has 2 atom stereocenters. The highest BCUT2D eigenvalue weighted by atomic mass is 19.1. The number of imidazole rings is 1. The minimum Gasteiger partial charge on any atom is -0.444 e. The van der Waals surface area contributed by atoms with Crippen LogP contribution in [0.3, 0.4) is 0 Å². The van der Waals surface area contributed by atoms with Crippen LogP contribution in [0, 0.1) is 17.1 Å². The van der Waals surface area contributed by atoms with Gasteiger partial charge in [-0.3, -0.25) is 9.69 Å². The van der Waals surface area contributed by atoms with Crippen LogP contribution in [0.25, 0.3) is 11.0 Å². The number of aromatic nitrogens is 3. The van der Waals surface area contributed by atoms with E-state index >= 15 is 4.39 Å². The number of amides is 1. The molecule has 1 unspecified atom stereocenters. The van der Waals surface area contributed by atoms with Crippen LogP contribution in [0.4, 0.5) is 4.39 Å². The molecule has 11 heteroatoms. The number of methoxy groups -OCH3 is 1. The van der Waals surface area contributed by atoms with Crippen LogP contribution in [-0.2, 0) is 23.6 Å². The third kappa shape index (κ3) is 5.40. The third-order valence-electron chi connectivity index (χ3n) is 8.42. The van der Waals surface area contributed by atoms with Crippen LogP contribution in [-0.4, -0.2) is 51.6 Å². The highest BCUT2D eigenvalue weighted by molar-refractivity contribution is 5.92. The first kappa shape index (κ1) is 28.6. The number of carbonyl (C=O) groups is 1. The number of ether oxygens (including phenoxy) is 3. The molecule has 2 aromatic heterocycles. The molecule has 0 radical (unpaired) electrons. The van der Waals surface area contributed by atoms with E-state index in [1.165, 1.54) is 12.1 Å². The number of pyridine rings is 1. The van der Waals surface area contributed by atoms with Gasteiger partial charge >= 0.3 is 0 Å². The van der Waals surface area contributed by atoms with E-state index in [1.54, 1.807) is 26.3 Å². The molecular weight excluding hydrogens is 551 g/mol. The summed E-state index contributed by atoms with van der Waals surface area (Å²) in [4.78, 5) is 23.0. The van der Waals surface area contributed by atoms with Gasteiger partial charge in [0.2, 0.25) is 5.91 Å². The van der Waals surface area contributed by atoms with E-state index in [0.717, 1.165) is 54.4 Å². The molecule has 43 heavy (non-hydrogen) atoms. The maximum atomic E-state index is 15.0. The predicted octanol–water partition coefficient (Wildman–Crippen LogP) is 4.60. The second-order valence-electron chi connectivity index (χ2n) is 11.3. The second-order valence-corrected chi connectivity index (χ2v) is 11.3. The van der Waals surface area contributed by atoms with Crippen molar-refractivity contribution in [2.75, 3.05) is 20.2 Å². The van der Waals surface area contributed by atoms with Crippen LogP contribution < -0.4 is 15.2 Å². The fourth-order valence-electron chi connectivity index (χ4n) is 6.01. The molecule has 6 rings (SSSR count). The maximum Gasteiger partial charge on any atom is 0.278 e. The first-order chi connectivity index (χ1) is 20.7. The number of halogens is 1. The summed E-state index contributed by atoms with van der Waals surface area (Å²) in [5.74, 6) is -0.372. The van der Waals surface area contributed by atoms with Crippen LogP contribution in [0.2, 0.25) is 0 Å². The van der Waals surface area contributed by atoms with E-state index in [-0.39, 0.29) is 23.1 Å². The largest absolute Gasteiger partial charge is 0.444 e.